The Bertz CT molecular complexity index is 474. The number of aryl methyl sites for hydroxylation is 1. The smallest absolute Gasteiger partial charge is 0.255 e. The maximum atomic E-state index is 12.1. The molecule has 2 N–H and O–H groups in total. The molecule has 1 rings (SSSR count). The summed E-state index contributed by atoms with van der Waals surface area (Å²) in [5.41, 5.74) is 1.33. The molecule has 0 atom stereocenters. The summed E-state index contributed by atoms with van der Waals surface area (Å²) in [6.45, 7) is 2.87. The molecule has 0 aliphatic heterocycles. The molecule has 0 aliphatic carbocycles. The number of benzene rings is 1. The lowest BCUT2D eigenvalue weighted by Gasteiger charge is -2.13. The van der Waals surface area contributed by atoms with Gasteiger partial charge in [-0.3, -0.25) is 9.59 Å². The zero-order valence-corrected chi connectivity index (χ0v) is 12.0. The highest BCUT2D eigenvalue weighted by Crippen LogP contribution is 2.28. The van der Waals surface area contributed by atoms with Crippen molar-refractivity contribution < 1.29 is 19.1 Å². The van der Waals surface area contributed by atoms with Gasteiger partial charge in [0.05, 0.1) is 19.8 Å². The molecule has 2 amide bonds. The van der Waals surface area contributed by atoms with E-state index >= 15 is 0 Å². The molecule has 110 valence electrons. The number of ether oxygens (including phenoxy) is 2. The Hall–Kier alpha value is -2.24. The minimum atomic E-state index is -0.210. The fraction of sp³-hybridized carbons (Fsp3) is 0.429. The van der Waals surface area contributed by atoms with Crippen LogP contribution in [0.25, 0.3) is 0 Å². The fourth-order valence-corrected chi connectivity index (χ4v) is 1.78. The third-order valence-corrected chi connectivity index (χ3v) is 2.83. The van der Waals surface area contributed by atoms with Crippen LogP contribution in [-0.2, 0) is 4.79 Å². The molecule has 1 aromatic rings. The SMILES string of the molecule is COc1cc(OC)c(C(=O)NCCCNC=O)cc1C. The van der Waals surface area contributed by atoms with Crippen molar-refractivity contribution in [2.75, 3.05) is 27.3 Å². The molecule has 0 unspecified atom stereocenters. The van der Waals surface area contributed by atoms with Crippen LogP contribution in [0.15, 0.2) is 12.1 Å². The van der Waals surface area contributed by atoms with Gasteiger partial charge in [-0.05, 0) is 25.0 Å². The van der Waals surface area contributed by atoms with Crippen LogP contribution >= 0.6 is 0 Å². The van der Waals surface area contributed by atoms with Gasteiger partial charge in [-0.2, -0.15) is 0 Å². The highest BCUT2D eigenvalue weighted by molar-refractivity contribution is 5.97. The Balaban J connectivity index is 2.71. The Morgan fingerprint density at radius 2 is 1.90 bits per heavy atom. The van der Waals surface area contributed by atoms with Crippen molar-refractivity contribution in [3.8, 4) is 11.5 Å². The highest BCUT2D eigenvalue weighted by Gasteiger charge is 2.14. The van der Waals surface area contributed by atoms with Gasteiger partial charge in [0, 0.05) is 19.2 Å². The fourth-order valence-electron chi connectivity index (χ4n) is 1.78. The molecule has 20 heavy (non-hydrogen) atoms. The zero-order valence-electron chi connectivity index (χ0n) is 12.0. The summed E-state index contributed by atoms with van der Waals surface area (Å²) in [6.07, 6.45) is 1.31. The molecule has 0 radical (unpaired) electrons. The van der Waals surface area contributed by atoms with E-state index in [9.17, 15) is 9.59 Å². The lowest BCUT2D eigenvalue weighted by molar-refractivity contribution is -0.109. The van der Waals surface area contributed by atoms with Crippen molar-refractivity contribution in [3.05, 3.63) is 23.3 Å². The second-order valence-corrected chi connectivity index (χ2v) is 4.20. The van der Waals surface area contributed by atoms with Gasteiger partial charge < -0.3 is 20.1 Å². The molecule has 6 heteroatoms. The second-order valence-electron chi connectivity index (χ2n) is 4.20. The molecule has 0 saturated heterocycles. The Kier molecular flexibility index (Phi) is 6.36. The van der Waals surface area contributed by atoms with Crippen molar-refractivity contribution in [1.82, 2.24) is 10.6 Å². The van der Waals surface area contributed by atoms with Gasteiger partial charge in [-0.1, -0.05) is 0 Å². The first-order valence-corrected chi connectivity index (χ1v) is 6.32. The van der Waals surface area contributed by atoms with E-state index in [2.05, 4.69) is 10.6 Å². The Morgan fingerprint density at radius 3 is 2.50 bits per heavy atom. The van der Waals surface area contributed by atoms with E-state index in [-0.39, 0.29) is 5.91 Å². The van der Waals surface area contributed by atoms with Crippen molar-refractivity contribution in [2.24, 2.45) is 0 Å². The van der Waals surface area contributed by atoms with Gasteiger partial charge in [-0.15, -0.1) is 0 Å². The first kappa shape index (κ1) is 15.8. The van der Waals surface area contributed by atoms with Crippen LogP contribution < -0.4 is 20.1 Å². The third kappa shape index (κ3) is 4.15. The first-order valence-electron chi connectivity index (χ1n) is 6.32. The molecule has 0 heterocycles. The quantitative estimate of drug-likeness (QED) is 0.547. The number of nitrogens with one attached hydrogen (secondary N) is 2. The molecule has 0 aliphatic rings. The molecule has 0 fully saturated rings. The molecule has 0 spiro atoms. The van der Waals surface area contributed by atoms with E-state index in [0.29, 0.717) is 43.0 Å². The lowest BCUT2D eigenvalue weighted by Crippen LogP contribution is -2.27. The van der Waals surface area contributed by atoms with Gasteiger partial charge in [0.2, 0.25) is 6.41 Å². The van der Waals surface area contributed by atoms with Crippen molar-refractivity contribution in [2.45, 2.75) is 13.3 Å². The minimum Gasteiger partial charge on any atom is -0.496 e. The van der Waals surface area contributed by atoms with Crippen molar-refractivity contribution >= 4 is 12.3 Å². The van der Waals surface area contributed by atoms with Crippen LogP contribution in [0.1, 0.15) is 22.3 Å². The normalized spacial score (nSPS) is 9.75. The number of amides is 2. The van der Waals surface area contributed by atoms with E-state index < -0.39 is 0 Å². The molecule has 0 aromatic heterocycles. The summed E-state index contributed by atoms with van der Waals surface area (Å²) in [4.78, 5) is 22.2. The van der Waals surface area contributed by atoms with Gasteiger partial charge in [0.15, 0.2) is 0 Å². The molecular weight excluding hydrogens is 260 g/mol. The van der Waals surface area contributed by atoms with Crippen LogP contribution in [0.3, 0.4) is 0 Å². The summed E-state index contributed by atoms with van der Waals surface area (Å²) >= 11 is 0. The van der Waals surface area contributed by atoms with E-state index in [1.807, 2.05) is 6.92 Å². The van der Waals surface area contributed by atoms with Crippen LogP contribution in [0.4, 0.5) is 0 Å². The minimum absolute atomic E-state index is 0.210. The second kappa shape index (κ2) is 8.04. The van der Waals surface area contributed by atoms with Gasteiger partial charge in [0.25, 0.3) is 5.91 Å². The summed E-state index contributed by atoms with van der Waals surface area (Å²) < 4.78 is 10.4. The molecular formula is C14H20N2O4. The molecule has 1 aromatic carbocycles. The monoisotopic (exact) mass is 280 g/mol. The Labute approximate surface area is 118 Å². The van der Waals surface area contributed by atoms with Crippen molar-refractivity contribution in [1.29, 1.82) is 0 Å². The van der Waals surface area contributed by atoms with Gasteiger partial charge in [0.1, 0.15) is 11.5 Å². The zero-order chi connectivity index (χ0) is 15.0. The summed E-state index contributed by atoms with van der Waals surface area (Å²) in [6, 6.07) is 3.43. The standard InChI is InChI=1S/C14H20N2O4/c1-10-7-11(13(20-3)8-12(10)19-2)14(18)16-6-4-5-15-9-17/h7-9H,4-6H2,1-3H3,(H,15,17)(H,16,18). The first-order chi connectivity index (χ1) is 9.63. The van der Waals surface area contributed by atoms with Crippen LogP contribution in [0.5, 0.6) is 11.5 Å². The largest absolute Gasteiger partial charge is 0.496 e. The summed E-state index contributed by atoms with van der Waals surface area (Å²) in [5.74, 6) is 0.934. The molecule has 0 bridgehead atoms. The van der Waals surface area contributed by atoms with E-state index in [0.717, 1.165) is 5.56 Å². The number of carbonyl (C=O) groups is 2. The number of methoxy groups -OCH3 is 2. The number of hydrogen-bond acceptors (Lipinski definition) is 4. The van der Waals surface area contributed by atoms with Gasteiger partial charge >= 0.3 is 0 Å². The lowest BCUT2D eigenvalue weighted by atomic mass is 10.1. The van der Waals surface area contributed by atoms with E-state index in [1.54, 1.807) is 19.2 Å². The predicted molar refractivity (Wildman–Crippen MR) is 75.3 cm³/mol. The van der Waals surface area contributed by atoms with Crippen molar-refractivity contribution in [3.63, 3.8) is 0 Å². The summed E-state index contributed by atoms with van der Waals surface area (Å²) in [5, 5.41) is 5.32. The number of carbonyl (C=O) groups excluding carboxylic acids is 2. The van der Waals surface area contributed by atoms with E-state index in [1.165, 1.54) is 7.11 Å². The number of hydrogen-bond donors (Lipinski definition) is 2. The highest BCUT2D eigenvalue weighted by atomic mass is 16.5. The van der Waals surface area contributed by atoms with Crippen LogP contribution in [0, 0.1) is 6.92 Å². The van der Waals surface area contributed by atoms with Crippen LogP contribution in [0.2, 0.25) is 0 Å². The maximum absolute atomic E-state index is 12.1. The average molecular weight is 280 g/mol. The van der Waals surface area contributed by atoms with Crippen LogP contribution in [-0.4, -0.2) is 39.6 Å². The topological polar surface area (TPSA) is 76.7 Å². The molecule has 6 nitrogen and oxygen atoms in total. The average Bonchev–Trinajstić information content (AvgIpc) is 2.46. The number of rotatable bonds is 8. The summed E-state index contributed by atoms with van der Waals surface area (Å²) in [7, 11) is 3.08. The maximum Gasteiger partial charge on any atom is 0.255 e. The predicted octanol–water partition coefficient (Wildman–Crippen LogP) is 0.878. The Morgan fingerprint density at radius 1 is 1.20 bits per heavy atom. The molecule has 0 saturated carbocycles. The van der Waals surface area contributed by atoms with Gasteiger partial charge in [-0.25, -0.2) is 0 Å². The third-order valence-electron chi connectivity index (χ3n) is 2.83. The van der Waals surface area contributed by atoms with E-state index in [4.69, 9.17) is 9.47 Å².